The summed E-state index contributed by atoms with van der Waals surface area (Å²) < 4.78 is 18.2. The molecule has 3 aromatic rings. The van der Waals surface area contributed by atoms with Gasteiger partial charge in [0.1, 0.15) is 0 Å². The smallest absolute Gasteiger partial charge is 0.260 e. The molecular weight excluding hydrogens is 494 g/mol. The van der Waals surface area contributed by atoms with Crippen LogP contribution in [-0.4, -0.2) is 69.4 Å². The molecule has 0 bridgehead atoms. The van der Waals surface area contributed by atoms with E-state index in [0.29, 0.717) is 28.7 Å². The Bertz CT molecular complexity index is 1080. The van der Waals surface area contributed by atoms with Gasteiger partial charge in [-0.25, -0.2) is 4.98 Å². The van der Waals surface area contributed by atoms with E-state index in [1.165, 1.54) is 11.3 Å². The second kappa shape index (κ2) is 10.6. The highest BCUT2D eigenvalue weighted by Crippen LogP contribution is 2.33. The Balaban J connectivity index is 1.60. The number of ether oxygens (including phenoxy) is 3. The number of morpholine rings is 1. The Morgan fingerprint density at radius 1 is 1.16 bits per heavy atom. The summed E-state index contributed by atoms with van der Waals surface area (Å²) >= 11 is 5.04. The number of aromatic nitrogens is 1. The van der Waals surface area contributed by atoms with E-state index in [9.17, 15) is 4.79 Å². The van der Waals surface area contributed by atoms with E-state index in [4.69, 9.17) is 19.2 Å². The number of halogens is 1. The quantitative estimate of drug-likeness (QED) is 0.438. The van der Waals surface area contributed by atoms with Gasteiger partial charge < -0.3 is 14.2 Å². The lowest BCUT2D eigenvalue weighted by molar-refractivity contribution is 0.0376. The fourth-order valence-electron chi connectivity index (χ4n) is 3.69. The number of hydrogen-bond donors (Lipinski definition) is 0. The van der Waals surface area contributed by atoms with Gasteiger partial charge in [0, 0.05) is 36.2 Å². The van der Waals surface area contributed by atoms with Crippen molar-refractivity contribution in [2.75, 3.05) is 58.5 Å². The summed E-state index contributed by atoms with van der Waals surface area (Å²) in [6.07, 6.45) is 0.846. The van der Waals surface area contributed by atoms with Crippen LogP contribution in [0.2, 0.25) is 0 Å². The van der Waals surface area contributed by atoms with Crippen molar-refractivity contribution in [1.82, 2.24) is 9.88 Å². The number of anilines is 1. The van der Waals surface area contributed by atoms with Gasteiger partial charge in [0.15, 0.2) is 16.6 Å². The van der Waals surface area contributed by atoms with E-state index >= 15 is 0 Å². The highest BCUT2D eigenvalue weighted by molar-refractivity contribution is 9.10. The van der Waals surface area contributed by atoms with Gasteiger partial charge in [-0.05, 0) is 42.8 Å². The Labute approximate surface area is 200 Å². The minimum atomic E-state index is -0.106. The predicted octanol–water partition coefficient (Wildman–Crippen LogP) is 4.45. The average molecular weight is 520 g/mol. The maximum Gasteiger partial charge on any atom is 0.260 e. The molecule has 2 heterocycles. The molecule has 0 atom stereocenters. The first kappa shape index (κ1) is 23.0. The van der Waals surface area contributed by atoms with Gasteiger partial charge in [0.25, 0.3) is 5.91 Å². The molecule has 170 valence electrons. The molecule has 7 nitrogen and oxygen atoms in total. The number of methoxy groups -OCH3 is 2. The third-order valence-electron chi connectivity index (χ3n) is 5.41. The average Bonchev–Trinajstić information content (AvgIpc) is 3.24. The van der Waals surface area contributed by atoms with Crippen molar-refractivity contribution in [2.24, 2.45) is 0 Å². The molecule has 2 aromatic carbocycles. The maximum absolute atomic E-state index is 13.6. The molecular formula is C23H26BrN3O4S. The standard InChI is InChI=1S/C23H26BrN3O4S/c1-29-19-7-4-16(14-20(19)30-2)22(28)27(9-3-8-26-10-12-31-13-11-26)23-25-18-6-5-17(24)15-21(18)32-23/h4-7,14-15H,3,8-13H2,1-2H3. The number of nitrogens with zero attached hydrogens (tertiary/aromatic N) is 3. The van der Waals surface area contributed by atoms with Crippen LogP contribution in [0.25, 0.3) is 10.2 Å². The van der Waals surface area contributed by atoms with Crippen LogP contribution >= 0.6 is 27.3 Å². The van der Waals surface area contributed by atoms with Gasteiger partial charge in [0.05, 0.1) is 37.6 Å². The zero-order valence-electron chi connectivity index (χ0n) is 18.2. The van der Waals surface area contributed by atoms with Crippen molar-refractivity contribution in [3.8, 4) is 11.5 Å². The lowest BCUT2D eigenvalue weighted by Crippen LogP contribution is -2.39. The lowest BCUT2D eigenvalue weighted by atomic mass is 10.1. The van der Waals surface area contributed by atoms with Crippen LogP contribution < -0.4 is 14.4 Å². The van der Waals surface area contributed by atoms with Crippen LogP contribution in [0.4, 0.5) is 5.13 Å². The third kappa shape index (κ3) is 5.23. The SMILES string of the molecule is COc1ccc(C(=O)N(CCCN2CCOCC2)c2nc3ccc(Br)cc3s2)cc1OC. The van der Waals surface area contributed by atoms with E-state index in [0.717, 1.165) is 54.0 Å². The Morgan fingerprint density at radius 2 is 1.94 bits per heavy atom. The minimum Gasteiger partial charge on any atom is -0.493 e. The zero-order chi connectivity index (χ0) is 22.5. The molecule has 4 rings (SSSR count). The van der Waals surface area contributed by atoms with Gasteiger partial charge in [-0.3, -0.25) is 14.6 Å². The Morgan fingerprint density at radius 3 is 2.69 bits per heavy atom. The minimum absolute atomic E-state index is 0.106. The van der Waals surface area contributed by atoms with E-state index in [1.807, 2.05) is 18.2 Å². The predicted molar refractivity (Wildman–Crippen MR) is 130 cm³/mol. The number of carbonyl (C=O) groups is 1. The second-order valence-electron chi connectivity index (χ2n) is 7.44. The van der Waals surface area contributed by atoms with Crippen molar-refractivity contribution in [2.45, 2.75) is 6.42 Å². The van der Waals surface area contributed by atoms with Crippen molar-refractivity contribution in [1.29, 1.82) is 0 Å². The summed E-state index contributed by atoms with van der Waals surface area (Å²) in [6, 6.07) is 11.2. The van der Waals surface area contributed by atoms with Crippen molar-refractivity contribution >= 4 is 48.5 Å². The fraction of sp³-hybridized carbons (Fsp3) is 0.391. The van der Waals surface area contributed by atoms with Crippen LogP contribution in [0.15, 0.2) is 40.9 Å². The van der Waals surface area contributed by atoms with Gasteiger partial charge in [-0.2, -0.15) is 0 Å². The summed E-state index contributed by atoms with van der Waals surface area (Å²) in [6.45, 7) is 4.88. The van der Waals surface area contributed by atoms with Gasteiger partial charge in [-0.15, -0.1) is 0 Å². The van der Waals surface area contributed by atoms with Crippen molar-refractivity contribution in [3.05, 3.63) is 46.4 Å². The van der Waals surface area contributed by atoms with Crippen LogP contribution in [-0.2, 0) is 4.74 Å². The van der Waals surface area contributed by atoms with E-state index in [2.05, 4.69) is 20.8 Å². The molecule has 0 spiro atoms. The normalized spacial score (nSPS) is 14.5. The second-order valence-corrected chi connectivity index (χ2v) is 9.37. The summed E-state index contributed by atoms with van der Waals surface area (Å²) in [5.41, 5.74) is 1.42. The summed E-state index contributed by atoms with van der Waals surface area (Å²) in [5, 5.41) is 0.694. The third-order valence-corrected chi connectivity index (χ3v) is 6.94. The summed E-state index contributed by atoms with van der Waals surface area (Å²) in [7, 11) is 3.15. The molecule has 32 heavy (non-hydrogen) atoms. The molecule has 0 saturated carbocycles. The number of hydrogen-bond acceptors (Lipinski definition) is 7. The summed E-state index contributed by atoms with van der Waals surface area (Å²) in [4.78, 5) is 22.5. The first-order valence-electron chi connectivity index (χ1n) is 10.5. The van der Waals surface area contributed by atoms with Crippen molar-refractivity contribution < 1.29 is 19.0 Å². The van der Waals surface area contributed by atoms with Crippen LogP contribution in [0.1, 0.15) is 16.8 Å². The number of rotatable bonds is 8. The zero-order valence-corrected chi connectivity index (χ0v) is 20.6. The molecule has 9 heteroatoms. The molecule has 1 aliphatic heterocycles. The van der Waals surface area contributed by atoms with E-state index < -0.39 is 0 Å². The molecule has 1 fully saturated rings. The highest BCUT2D eigenvalue weighted by Gasteiger charge is 2.23. The Hall–Kier alpha value is -2.20. The number of thiazole rings is 1. The molecule has 0 unspecified atom stereocenters. The monoisotopic (exact) mass is 519 g/mol. The number of benzene rings is 2. The molecule has 1 aromatic heterocycles. The van der Waals surface area contributed by atoms with E-state index in [1.54, 1.807) is 37.3 Å². The van der Waals surface area contributed by atoms with Gasteiger partial charge >= 0.3 is 0 Å². The van der Waals surface area contributed by atoms with Crippen LogP contribution in [0.3, 0.4) is 0 Å². The van der Waals surface area contributed by atoms with Crippen LogP contribution in [0.5, 0.6) is 11.5 Å². The molecule has 1 aliphatic rings. The molecule has 0 radical (unpaired) electrons. The lowest BCUT2D eigenvalue weighted by Gasteiger charge is -2.27. The topological polar surface area (TPSA) is 64.1 Å². The first-order chi connectivity index (χ1) is 15.6. The number of fused-ring (bicyclic) bond motifs is 1. The molecule has 0 aliphatic carbocycles. The van der Waals surface area contributed by atoms with Gasteiger partial charge in [0.2, 0.25) is 0 Å². The van der Waals surface area contributed by atoms with Crippen molar-refractivity contribution in [3.63, 3.8) is 0 Å². The number of carbonyl (C=O) groups excluding carboxylic acids is 1. The van der Waals surface area contributed by atoms with E-state index in [-0.39, 0.29) is 5.91 Å². The Kier molecular flexibility index (Phi) is 7.62. The molecule has 1 saturated heterocycles. The first-order valence-corrected chi connectivity index (χ1v) is 12.1. The summed E-state index contributed by atoms with van der Waals surface area (Å²) in [5.74, 6) is 1.01. The van der Waals surface area contributed by atoms with Crippen LogP contribution in [0, 0.1) is 0 Å². The molecule has 1 amide bonds. The fourth-order valence-corrected chi connectivity index (χ4v) is 5.23. The maximum atomic E-state index is 13.6. The molecule has 0 N–H and O–H groups in total. The largest absolute Gasteiger partial charge is 0.493 e. The highest BCUT2D eigenvalue weighted by atomic mass is 79.9. The van der Waals surface area contributed by atoms with Gasteiger partial charge in [-0.1, -0.05) is 27.3 Å². The number of amides is 1.